The van der Waals surface area contributed by atoms with Crippen LogP contribution in [0.3, 0.4) is 0 Å². The molecule has 4 heteroatoms. The average Bonchev–Trinajstić information content (AvgIpc) is 2.37. The second-order valence-corrected chi connectivity index (χ2v) is 4.83. The zero-order valence-electron chi connectivity index (χ0n) is 10.1. The fraction of sp³-hybridized carbons (Fsp3) is 0.462. The number of aldehydes is 1. The van der Waals surface area contributed by atoms with Gasteiger partial charge in [-0.25, -0.2) is 0 Å². The third-order valence-corrected chi connectivity index (χ3v) is 3.71. The number of carbonyl (C=O) groups is 1. The summed E-state index contributed by atoms with van der Waals surface area (Å²) in [6.07, 6.45) is 3.52. The van der Waals surface area contributed by atoms with E-state index in [4.69, 9.17) is 9.47 Å². The van der Waals surface area contributed by atoms with Gasteiger partial charge in [0.05, 0.1) is 4.90 Å². The number of thioether (sulfide) groups is 1. The van der Waals surface area contributed by atoms with Crippen molar-refractivity contribution in [1.29, 1.82) is 0 Å². The molecule has 3 nitrogen and oxygen atoms in total. The van der Waals surface area contributed by atoms with Crippen molar-refractivity contribution in [2.75, 3.05) is 19.5 Å². The number of benzene rings is 1. The standard InChI is InChI=1S/C13H16O3S/c1-9(5-6-14)10-3-4-11-12(13(10)17-2)16-8-7-15-11/h3-4,6,9H,5,7-8H2,1-2H3. The van der Waals surface area contributed by atoms with Gasteiger partial charge in [0.15, 0.2) is 11.5 Å². The third kappa shape index (κ3) is 2.41. The number of rotatable bonds is 4. The molecule has 0 fully saturated rings. The second kappa shape index (κ2) is 5.45. The van der Waals surface area contributed by atoms with Crippen molar-refractivity contribution >= 4 is 18.0 Å². The van der Waals surface area contributed by atoms with Crippen LogP contribution in [0.2, 0.25) is 0 Å². The largest absolute Gasteiger partial charge is 0.486 e. The molecule has 0 bridgehead atoms. The fourth-order valence-corrected chi connectivity index (χ4v) is 2.83. The van der Waals surface area contributed by atoms with E-state index >= 15 is 0 Å². The Bertz CT molecular complexity index is 417. The number of fused-ring (bicyclic) bond motifs is 1. The van der Waals surface area contributed by atoms with Gasteiger partial charge >= 0.3 is 0 Å². The van der Waals surface area contributed by atoms with Crippen LogP contribution < -0.4 is 9.47 Å². The summed E-state index contributed by atoms with van der Waals surface area (Å²) in [7, 11) is 0. The lowest BCUT2D eigenvalue weighted by Crippen LogP contribution is -2.16. The highest BCUT2D eigenvalue weighted by Crippen LogP contribution is 2.43. The lowest BCUT2D eigenvalue weighted by molar-refractivity contribution is -0.108. The average molecular weight is 252 g/mol. The Hall–Kier alpha value is -1.16. The summed E-state index contributed by atoms with van der Waals surface area (Å²) in [5.41, 5.74) is 1.16. The van der Waals surface area contributed by atoms with Gasteiger partial charge in [0.1, 0.15) is 19.5 Å². The molecule has 0 saturated carbocycles. The molecule has 1 aliphatic rings. The minimum Gasteiger partial charge on any atom is -0.486 e. The zero-order chi connectivity index (χ0) is 12.3. The Morgan fingerprint density at radius 2 is 2.18 bits per heavy atom. The molecule has 17 heavy (non-hydrogen) atoms. The SMILES string of the molecule is CSc1c(C(C)CC=O)ccc2c1OCCO2. The smallest absolute Gasteiger partial charge is 0.175 e. The highest BCUT2D eigenvalue weighted by atomic mass is 32.2. The lowest BCUT2D eigenvalue weighted by atomic mass is 9.98. The predicted molar refractivity (Wildman–Crippen MR) is 68.3 cm³/mol. The van der Waals surface area contributed by atoms with Crippen LogP contribution in [-0.2, 0) is 4.79 Å². The van der Waals surface area contributed by atoms with Crippen LogP contribution >= 0.6 is 11.8 Å². The first-order valence-corrected chi connectivity index (χ1v) is 6.90. The number of ether oxygens (including phenoxy) is 2. The van der Waals surface area contributed by atoms with Gasteiger partial charge in [-0.05, 0) is 23.8 Å². The maximum atomic E-state index is 10.6. The van der Waals surface area contributed by atoms with E-state index in [1.807, 2.05) is 18.4 Å². The molecule has 0 amide bonds. The van der Waals surface area contributed by atoms with E-state index in [2.05, 4.69) is 6.92 Å². The van der Waals surface area contributed by atoms with Crippen molar-refractivity contribution < 1.29 is 14.3 Å². The van der Waals surface area contributed by atoms with E-state index in [-0.39, 0.29) is 5.92 Å². The maximum absolute atomic E-state index is 10.6. The lowest BCUT2D eigenvalue weighted by Gasteiger charge is -2.23. The van der Waals surface area contributed by atoms with E-state index in [0.717, 1.165) is 28.2 Å². The van der Waals surface area contributed by atoms with Crippen LogP contribution in [-0.4, -0.2) is 25.8 Å². The molecule has 1 aromatic carbocycles. The number of carbonyl (C=O) groups excluding carboxylic acids is 1. The van der Waals surface area contributed by atoms with Gasteiger partial charge in [0.25, 0.3) is 0 Å². The zero-order valence-corrected chi connectivity index (χ0v) is 10.9. The van der Waals surface area contributed by atoms with Crippen molar-refractivity contribution in [2.24, 2.45) is 0 Å². The minimum absolute atomic E-state index is 0.214. The van der Waals surface area contributed by atoms with Gasteiger partial charge in [-0.1, -0.05) is 13.0 Å². The Morgan fingerprint density at radius 1 is 1.41 bits per heavy atom. The van der Waals surface area contributed by atoms with Crippen LogP contribution in [0, 0.1) is 0 Å². The molecule has 1 heterocycles. The van der Waals surface area contributed by atoms with E-state index in [9.17, 15) is 4.79 Å². The molecule has 1 atom stereocenters. The Balaban J connectivity index is 2.42. The molecule has 0 aliphatic carbocycles. The van der Waals surface area contributed by atoms with E-state index in [0.29, 0.717) is 19.6 Å². The van der Waals surface area contributed by atoms with Crippen molar-refractivity contribution in [1.82, 2.24) is 0 Å². The van der Waals surface area contributed by atoms with E-state index in [1.165, 1.54) is 0 Å². The fourth-order valence-electron chi connectivity index (χ4n) is 1.98. The van der Waals surface area contributed by atoms with E-state index < -0.39 is 0 Å². The van der Waals surface area contributed by atoms with Gasteiger partial charge in [-0.3, -0.25) is 0 Å². The Morgan fingerprint density at radius 3 is 2.88 bits per heavy atom. The molecular weight excluding hydrogens is 236 g/mol. The molecule has 0 radical (unpaired) electrons. The third-order valence-electron chi connectivity index (χ3n) is 2.88. The first kappa shape index (κ1) is 12.3. The molecule has 0 N–H and O–H groups in total. The van der Waals surface area contributed by atoms with Gasteiger partial charge in [0.2, 0.25) is 0 Å². The highest BCUT2D eigenvalue weighted by molar-refractivity contribution is 7.98. The van der Waals surface area contributed by atoms with Gasteiger partial charge in [0, 0.05) is 6.42 Å². The van der Waals surface area contributed by atoms with Crippen molar-refractivity contribution in [2.45, 2.75) is 24.2 Å². The normalized spacial score (nSPS) is 15.4. The van der Waals surface area contributed by atoms with Gasteiger partial charge in [-0.15, -0.1) is 11.8 Å². The minimum atomic E-state index is 0.214. The number of hydrogen-bond acceptors (Lipinski definition) is 4. The molecule has 0 saturated heterocycles. The summed E-state index contributed by atoms with van der Waals surface area (Å²) in [4.78, 5) is 11.7. The summed E-state index contributed by atoms with van der Waals surface area (Å²) in [5.74, 6) is 1.85. The maximum Gasteiger partial charge on any atom is 0.175 e. The molecule has 0 aromatic heterocycles. The summed E-state index contributed by atoms with van der Waals surface area (Å²) in [6.45, 7) is 3.25. The second-order valence-electron chi connectivity index (χ2n) is 4.02. The Labute approximate surface area is 105 Å². The highest BCUT2D eigenvalue weighted by Gasteiger charge is 2.21. The van der Waals surface area contributed by atoms with Crippen LogP contribution in [0.4, 0.5) is 0 Å². The molecular formula is C13H16O3S. The first-order chi connectivity index (χ1) is 8.27. The van der Waals surface area contributed by atoms with Crippen LogP contribution in [0.1, 0.15) is 24.8 Å². The quantitative estimate of drug-likeness (QED) is 0.610. The van der Waals surface area contributed by atoms with Crippen molar-refractivity contribution in [3.8, 4) is 11.5 Å². The van der Waals surface area contributed by atoms with Gasteiger partial charge in [-0.2, -0.15) is 0 Å². The van der Waals surface area contributed by atoms with Crippen LogP contribution in [0.25, 0.3) is 0 Å². The molecule has 2 rings (SSSR count). The Kier molecular flexibility index (Phi) is 3.94. The van der Waals surface area contributed by atoms with Crippen molar-refractivity contribution in [3.63, 3.8) is 0 Å². The first-order valence-electron chi connectivity index (χ1n) is 5.68. The van der Waals surface area contributed by atoms with Crippen LogP contribution in [0.15, 0.2) is 17.0 Å². The predicted octanol–water partition coefficient (Wildman–Crippen LogP) is 2.87. The summed E-state index contributed by atoms with van der Waals surface area (Å²) in [6, 6.07) is 3.97. The topological polar surface area (TPSA) is 35.5 Å². The van der Waals surface area contributed by atoms with E-state index in [1.54, 1.807) is 11.8 Å². The van der Waals surface area contributed by atoms with Crippen LogP contribution in [0.5, 0.6) is 11.5 Å². The summed E-state index contributed by atoms with van der Waals surface area (Å²) < 4.78 is 11.2. The molecule has 1 unspecified atom stereocenters. The molecule has 92 valence electrons. The van der Waals surface area contributed by atoms with Crippen molar-refractivity contribution in [3.05, 3.63) is 17.7 Å². The monoisotopic (exact) mass is 252 g/mol. The molecule has 1 aromatic rings. The number of hydrogen-bond donors (Lipinski definition) is 0. The summed E-state index contributed by atoms with van der Waals surface area (Å²) in [5, 5.41) is 0. The van der Waals surface area contributed by atoms with Gasteiger partial charge < -0.3 is 14.3 Å². The molecule has 0 spiro atoms. The summed E-state index contributed by atoms with van der Waals surface area (Å²) >= 11 is 1.64. The molecule has 1 aliphatic heterocycles.